The number of nitrogens with two attached hydrogens (primary N) is 1. The molecule has 20 heavy (non-hydrogen) atoms. The standard InChI is InChI=1S/C15H16N2O2S/c1-19-15(18)12-4-3-5-13(14(12)16)17-10-6-8-11(20-2)9-7-10/h3-9,17H,16H2,1-2H3. The maximum absolute atomic E-state index is 11.6. The van der Waals surface area contributed by atoms with Gasteiger partial charge in [0.05, 0.1) is 24.0 Å². The first-order chi connectivity index (χ1) is 9.65. The molecule has 2 aromatic rings. The van der Waals surface area contributed by atoms with E-state index in [2.05, 4.69) is 5.32 Å². The second-order valence-electron chi connectivity index (χ2n) is 4.11. The Labute approximate surface area is 122 Å². The number of hydrogen-bond donors (Lipinski definition) is 2. The van der Waals surface area contributed by atoms with Crippen molar-refractivity contribution in [2.45, 2.75) is 4.90 Å². The first-order valence-corrected chi connectivity index (χ1v) is 7.26. The predicted molar refractivity (Wildman–Crippen MR) is 83.7 cm³/mol. The van der Waals surface area contributed by atoms with Crippen LogP contribution in [0.3, 0.4) is 0 Å². The molecule has 0 amide bonds. The van der Waals surface area contributed by atoms with E-state index in [9.17, 15) is 4.79 Å². The minimum absolute atomic E-state index is 0.359. The summed E-state index contributed by atoms with van der Waals surface area (Å²) in [4.78, 5) is 12.8. The molecule has 0 aromatic heterocycles. The molecular formula is C15H16N2O2S. The van der Waals surface area contributed by atoms with E-state index in [0.717, 1.165) is 5.69 Å². The number of para-hydroxylation sites is 1. The van der Waals surface area contributed by atoms with Crippen molar-refractivity contribution in [3.8, 4) is 0 Å². The monoisotopic (exact) mass is 288 g/mol. The second-order valence-corrected chi connectivity index (χ2v) is 4.99. The smallest absolute Gasteiger partial charge is 0.340 e. The summed E-state index contributed by atoms with van der Waals surface area (Å²) < 4.78 is 4.70. The number of nitrogens with one attached hydrogen (secondary N) is 1. The van der Waals surface area contributed by atoms with Gasteiger partial charge in [-0.1, -0.05) is 6.07 Å². The van der Waals surface area contributed by atoms with E-state index in [1.54, 1.807) is 23.9 Å². The Hall–Kier alpha value is -2.14. The van der Waals surface area contributed by atoms with Crippen molar-refractivity contribution in [3.63, 3.8) is 0 Å². The number of nitrogen functional groups attached to an aromatic ring is 1. The molecular weight excluding hydrogens is 272 g/mol. The van der Waals surface area contributed by atoms with Crippen LogP contribution in [-0.2, 0) is 4.74 Å². The Kier molecular flexibility index (Phi) is 4.53. The number of rotatable bonds is 4. The molecule has 0 fully saturated rings. The van der Waals surface area contributed by atoms with Gasteiger partial charge < -0.3 is 15.8 Å². The first-order valence-electron chi connectivity index (χ1n) is 6.03. The van der Waals surface area contributed by atoms with Gasteiger partial charge in [-0.05, 0) is 42.7 Å². The van der Waals surface area contributed by atoms with Gasteiger partial charge in [0.1, 0.15) is 0 Å². The third-order valence-electron chi connectivity index (χ3n) is 2.88. The molecule has 0 bridgehead atoms. The summed E-state index contributed by atoms with van der Waals surface area (Å²) in [5, 5.41) is 3.20. The number of carbonyl (C=O) groups excluding carboxylic acids is 1. The van der Waals surface area contributed by atoms with Crippen molar-refractivity contribution in [2.75, 3.05) is 24.4 Å². The Bertz CT molecular complexity index is 612. The molecule has 0 spiro atoms. The van der Waals surface area contributed by atoms with Crippen LogP contribution in [0.15, 0.2) is 47.4 Å². The number of benzene rings is 2. The molecule has 0 radical (unpaired) electrons. The summed E-state index contributed by atoms with van der Waals surface area (Å²) in [5.74, 6) is -0.441. The van der Waals surface area contributed by atoms with Gasteiger partial charge in [-0.15, -0.1) is 11.8 Å². The highest BCUT2D eigenvalue weighted by Gasteiger charge is 2.12. The normalized spacial score (nSPS) is 10.1. The number of carbonyl (C=O) groups is 1. The lowest BCUT2D eigenvalue weighted by Gasteiger charge is -2.12. The molecule has 3 N–H and O–H groups in total. The van der Waals surface area contributed by atoms with Gasteiger partial charge in [0.25, 0.3) is 0 Å². The molecule has 0 aliphatic carbocycles. The fourth-order valence-corrected chi connectivity index (χ4v) is 2.20. The van der Waals surface area contributed by atoms with E-state index in [4.69, 9.17) is 10.5 Å². The van der Waals surface area contributed by atoms with Gasteiger partial charge in [0.15, 0.2) is 0 Å². The van der Waals surface area contributed by atoms with E-state index >= 15 is 0 Å². The zero-order valence-electron chi connectivity index (χ0n) is 11.3. The number of ether oxygens (including phenoxy) is 1. The molecule has 2 aromatic carbocycles. The van der Waals surface area contributed by atoms with Crippen LogP contribution < -0.4 is 11.1 Å². The molecule has 2 rings (SSSR count). The van der Waals surface area contributed by atoms with Gasteiger partial charge in [-0.3, -0.25) is 0 Å². The molecule has 104 valence electrons. The quantitative estimate of drug-likeness (QED) is 0.512. The highest BCUT2D eigenvalue weighted by molar-refractivity contribution is 7.98. The fourth-order valence-electron chi connectivity index (χ4n) is 1.79. The van der Waals surface area contributed by atoms with Crippen molar-refractivity contribution in [1.29, 1.82) is 0 Å². The number of methoxy groups -OCH3 is 1. The van der Waals surface area contributed by atoms with Crippen LogP contribution in [0.25, 0.3) is 0 Å². The second kappa shape index (κ2) is 6.34. The van der Waals surface area contributed by atoms with E-state index in [1.807, 2.05) is 36.6 Å². The molecule has 4 nitrogen and oxygen atoms in total. The van der Waals surface area contributed by atoms with Gasteiger partial charge in [-0.25, -0.2) is 4.79 Å². The lowest BCUT2D eigenvalue weighted by atomic mass is 10.1. The summed E-state index contributed by atoms with van der Waals surface area (Å²) in [6.07, 6.45) is 2.03. The summed E-state index contributed by atoms with van der Waals surface area (Å²) in [6, 6.07) is 13.2. The highest BCUT2D eigenvalue weighted by Crippen LogP contribution is 2.27. The van der Waals surface area contributed by atoms with Crippen molar-refractivity contribution in [1.82, 2.24) is 0 Å². The van der Waals surface area contributed by atoms with Gasteiger partial charge in [0.2, 0.25) is 0 Å². The van der Waals surface area contributed by atoms with Gasteiger partial charge >= 0.3 is 5.97 Å². The maximum Gasteiger partial charge on any atom is 0.340 e. The van der Waals surface area contributed by atoms with Crippen LogP contribution in [0.4, 0.5) is 17.1 Å². The lowest BCUT2D eigenvalue weighted by molar-refractivity contribution is 0.0602. The summed E-state index contributed by atoms with van der Waals surface area (Å²) in [7, 11) is 1.34. The molecule has 0 aliphatic rings. The minimum Gasteiger partial charge on any atom is -0.465 e. The minimum atomic E-state index is -0.441. The zero-order valence-corrected chi connectivity index (χ0v) is 12.2. The van der Waals surface area contributed by atoms with Crippen LogP contribution in [0.5, 0.6) is 0 Å². The summed E-state index contributed by atoms with van der Waals surface area (Å²) in [5.41, 5.74) is 8.34. The van der Waals surface area contributed by atoms with Gasteiger partial charge in [0, 0.05) is 10.6 Å². The first kappa shape index (κ1) is 14.3. The van der Waals surface area contributed by atoms with Crippen molar-refractivity contribution in [2.24, 2.45) is 0 Å². The summed E-state index contributed by atoms with van der Waals surface area (Å²) >= 11 is 1.68. The molecule has 0 saturated carbocycles. The Morgan fingerprint density at radius 1 is 1.20 bits per heavy atom. The average Bonchev–Trinajstić information content (AvgIpc) is 2.49. The van der Waals surface area contributed by atoms with Crippen LogP contribution in [0.2, 0.25) is 0 Å². The molecule has 0 heterocycles. The van der Waals surface area contributed by atoms with Crippen LogP contribution in [-0.4, -0.2) is 19.3 Å². The van der Waals surface area contributed by atoms with Crippen LogP contribution in [0, 0.1) is 0 Å². The third kappa shape index (κ3) is 3.05. The fraction of sp³-hybridized carbons (Fsp3) is 0.133. The van der Waals surface area contributed by atoms with Crippen molar-refractivity contribution in [3.05, 3.63) is 48.0 Å². The van der Waals surface area contributed by atoms with Crippen molar-refractivity contribution < 1.29 is 9.53 Å². The zero-order chi connectivity index (χ0) is 14.5. The van der Waals surface area contributed by atoms with E-state index in [1.165, 1.54) is 12.0 Å². The molecule has 0 atom stereocenters. The molecule has 0 unspecified atom stereocenters. The molecule has 5 heteroatoms. The van der Waals surface area contributed by atoms with Crippen LogP contribution >= 0.6 is 11.8 Å². The van der Waals surface area contributed by atoms with E-state index in [-0.39, 0.29) is 0 Å². The maximum atomic E-state index is 11.6. The largest absolute Gasteiger partial charge is 0.465 e. The number of hydrogen-bond acceptors (Lipinski definition) is 5. The Morgan fingerprint density at radius 2 is 1.90 bits per heavy atom. The predicted octanol–water partition coefficient (Wildman–Crippen LogP) is 3.52. The number of esters is 1. The lowest BCUT2D eigenvalue weighted by Crippen LogP contribution is -2.07. The molecule has 0 saturated heterocycles. The average molecular weight is 288 g/mol. The number of thioether (sulfide) groups is 1. The number of anilines is 3. The highest BCUT2D eigenvalue weighted by atomic mass is 32.2. The Morgan fingerprint density at radius 3 is 2.50 bits per heavy atom. The SMILES string of the molecule is COC(=O)c1cccc(Nc2ccc(SC)cc2)c1N. The topological polar surface area (TPSA) is 64.3 Å². The van der Waals surface area contributed by atoms with Crippen molar-refractivity contribution >= 4 is 34.8 Å². The van der Waals surface area contributed by atoms with E-state index < -0.39 is 5.97 Å². The third-order valence-corrected chi connectivity index (χ3v) is 3.62. The van der Waals surface area contributed by atoms with E-state index in [0.29, 0.717) is 16.9 Å². The van der Waals surface area contributed by atoms with Gasteiger partial charge in [-0.2, -0.15) is 0 Å². The Balaban J connectivity index is 2.26. The van der Waals surface area contributed by atoms with Crippen LogP contribution in [0.1, 0.15) is 10.4 Å². The molecule has 0 aliphatic heterocycles. The summed E-state index contributed by atoms with van der Waals surface area (Å²) in [6.45, 7) is 0.